The van der Waals surface area contributed by atoms with E-state index in [9.17, 15) is 4.79 Å². The second kappa shape index (κ2) is 5.15. The standard InChI is InChI=1S/C20H14NO/c22-14-17-13-21(20-11-4-3-10-19(17)20)12-16-8-5-7-15-6-1-2-9-18(15)16/h1-11,13H,12H2. The van der Waals surface area contributed by atoms with Gasteiger partial charge >= 0.3 is 0 Å². The van der Waals surface area contributed by atoms with Crippen LogP contribution < -0.4 is 0 Å². The largest absolute Gasteiger partial charge is 0.342 e. The summed E-state index contributed by atoms with van der Waals surface area (Å²) in [5.41, 5.74) is 2.93. The Labute approximate surface area is 128 Å². The Balaban J connectivity index is 1.88. The number of hydrogen-bond donors (Lipinski definition) is 0. The van der Waals surface area contributed by atoms with Crippen LogP contribution in [0.2, 0.25) is 0 Å². The molecule has 1 aromatic heterocycles. The van der Waals surface area contributed by atoms with Crippen molar-refractivity contribution in [2.45, 2.75) is 6.54 Å². The lowest BCUT2D eigenvalue weighted by Gasteiger charge is -2.09. The van der Waals surface area contributed by atoms with E-state index in [1.54, 1.807) is 0 Å². The third-order valence-electron chi connectivity index (χ3n) is 4.12. The van der Waals surface area contributed by atoms with Gasteiger partial charge < -0.3 is 4.57 Å². The van der Waals surface area contributed by atoms with Crippen molar-refractivity contribution in [2.75, 3.05) is 0 Å². The third-order valence-corrected chi connectivity index (χ3v) is 4.12. The molecular formula is C20H14NO. The maximum atomic E-state index is 11.2. The maximum absolute atomic E-state index is 11.2. The van der Waals surface area contributed by atoms with Crippen LogP contribution in [-0.2, 0) is 11.3 Å². The van der Waals surface area contributed by atoms with Crippen LogP contribution in [-0.4, -0.2) is 10.9 Å². The predicted molar refractivity (Wildman–Crippen MR) is 89.8 cm³/mol. The van der Waals surface area contributed by atoms with Gasteiger partial charge in [-0.05, 0) is 22.4 Å². The lowest BCUT2D eigenvalue weighted by Crippen LogP contribution is -1.98. The van der Waals surface area contributed by atoms with E-state index >= 15 is 0 Å². The first-order chi connectivity index (χ1) is 10.9. The molecule has 1 heterocycles. The Kier molecular flexibility index (Phi) is 3.01. The third kappa shape index (κ3) is 2.01. The van der Waals surface area contributed by atoms with Crippen LogP contribution in [0.4, 0.5) is 0 Å². The fourth-order valence-corrected chi connectivity index (χ4v) is 3.07. The number of fused-ring (bicyclic) bond motifs is 2. The molecule has 0 aliphatic heterocycles. The van der Waals surface area contributed by atoms with Gasteiger partial charge in [0.2, 0.25) is 6.29 Å². The zero-order valence-corrected chi connectivity index (χ0v) is 12.0. The minimum absolute atomic E-state index is 0.621. The van der Waals surface area contributed by atoms with Gasteiger partial charge in [0.05, 0.1) is 5.56 Å². The Morgan fingerprint density at radius 1 is 0.818 bits per heavy atom. The van der Waals surface area contributed by atoms with Crippen LogP contribution in [0.3, 0.4) is 0 Å². The first-order valence-electron chi connectivity index (χ1n) is 7.29. The molecule has 0 saturated carbocycles. The van der Waals surface area contributed by atoms with E-state index in [2.05, 4.69) is 47.0 Å². The van der Waals surface area contributed by atoms with Crippen LogP contribution in [0.25, 0.3) is 21.7 Å². The fraction of sp³-hybridized carbons (Fsp3) is 0.0500. The highest BCUT2D eigenvalue weighted by molar-refractivity contribution is 5.98. The summed E-state index contributed by atoms with van der Waals surface area (Å²) >= 11 is 0. The summed E-state index contributed by atoms with van der Waals surface area (Å²) < 4.78 is 2.12. The van der Waals surface area contributed by atoms with Gasteiger partial charge in [0, 0.05) is 23.6 Å². The summed E-state index contributed by atoms with van der Waals surface area (Å²) in [5.74, 6) is 0. The molecule has 105 valence electrons. The second-order valence-electron chi connectivity index (χ2n) is 5.43. The number of para-hydroxylation sites is 1. The van der Waals surface area contributed by atoms with Crippen LogP contribution >= 0.6 is 0 Å². The first kappa shape index (κ1) is 12.8. The van der Waals surface area contributed by atoms with Crippen molar-refractivity contribution in [1.29, 1.82) is 0 Å². The molecule has 0 bridgehead atoms. The van der Waals surface area contributed by atoms with Gasteiger partial charge in [0.1, 0.15) is 0 Å². The molecule has 0 fully saturated rings. The van der Waals surface area contributed by atoms with E-state index in [-0.39, 0.29) is 0 Å². The zero-order chi connectivity index (χ0) is 14.9. The molecule has 0 N–H and O–H groups in total. The highest BCUT2D eigenvalue weighted by atomic mass is 16.1. The van der Waals surface area contributed by atoms with Crippen molar-refractivity contribution >= 4 is 28.0 Å². The van der Waals surface area contributed by atoms with E-state index in [0.29, 0.717) is 5.56 Å². The Morgan fingerprint density at radius 3 is 2.41 bits per heavy atom. The van der Waals surface area contributed by atoms with Crippen LogP contribution in [0.5, 0.6) is 0 Å². The SMILES string of the molecule is O=[C]c1cn(Cc2cccc3ccccc23)c2ccccc12. The smallest absolute Gasteiger partial charge is 0.235 e. The Morgan fingerprint density at radius 2 is 1.55 bits per heavy atom. The van der Waals surface area contributed by atoms with E-state index < -0.39 is 0 Å². The van der Waals surface area contributed by atoms with Gasteiger partial charge in [-0.2, -0.15) is 0 Å². The summed E-state index contributed by atoms with van der Waals surface area (Å²) in [5, 5.41) is 3.44. The highest BCUT2D eigenvalue weighted by Crippen LogP contribution is 2.24. The second-order valence-corrected chi connectivity index (χ2v) is 5.43. The van der Waals surface area contributed by atoms with Crippen molar-refractivity contribution in [3.63, 3.8) is 0 Å². The Hall–Kier alpha value is -2.87. The molecule has 0 aliphatic carbocycles. The molecule has 0 atom stereocenters. The summed E-state index contributed by atoms with van der Waals surface area (Å²) in [4.78, 5) is 11.2. The number of rotatable bonds is 3. The van der Waals surface area contributed by atoms with Crippen LogP contribution in [0.15, 0.2) is 72.9 Å². The van der Waals surface area contributed by atoms with Gasteiger partial charge in [0.25, 0.3) is 0 Å². The van der Waals surface area contributed by atoms with Gasteiger partial charge in [0.15, 0.2) is 0 Å². The number of nitrogens with zero attached hydrogens (tertiary/aromatic N) is 1. The molecule has 2 heteroatoms. The van der Waals surface area contributed by atoms with E-state index in [1.807, 2.05) is 36.7 Å². The lowest BCUT2D eigenvalue weighted by molar-refractivity contribution is 0.563. The highest BCUT2D eigenvalue weighted by Gasteiger charge is 2.09. The van der Waals surface area contributed by atoms with Gasteiger partial charge in [-0.25, -0.2) is 0 Å². The zero-order valence-electron chi connectivity index (χ0n) is 12.0. The quantitative estimate of drug-likeness (QED) is 0.550. The van der Waals surface area contributed by atoms with Gasteiger partial charge in [-0.15, -0.1) is 0 Å². The Bertz CT molecular complexity index is 976. The molecule has 2 nitrogen and oxygen atoms in total. The maximum Gasteiger partial charge on any atom is 0.235 e. The normalized spacial score (nSPS) is 11.1. The topological polar surface area (TPSA) is 22.0 Å². The molecule has 3 aromatic carbocycles. The monoisotopic (exact) mass is 284 g/mol. The predicted octanol–water partition coefficient (Wildman–Crippen LogP) is 4.30. The average Bonchev–Trinajstić information content (AvgIpc) is 2.93. The minimum Gasteiger partial charge on any atom is -0.342 e. The summed E-state index contributed by atoms with van der Waals surface area (Å²) in [6.07, 6.45) is 3.93. The number of hydrogen-bond acceptors (Lipinski definition) is 1. The molecule has 0 amide bonds. The first-order valence-corrected chi connectivity index (χ1v) is 7.29. The summed E-state index contributed by atoms with van der Waals surface area (Å²) in [6.45, 7) is 0.740. The molecule has 0 spiro atoms. The fourth-order valence-electron chi connectivity index (χ4n) is 3.07. The molecular weight excluding hydrogens is 270 g/mol. The van der Waals surface area contributed by atoms with Crippen LogP contribution in [0.1, 0.15) is 11.1 Å². The van der Waals surface area contributed by atoms with E-state index in [4.69, 9.17) is 0 Å². The van der Waals surface area contributed by atoms with Gasteiger partial charge in [-0.1, -0.05) is 60.7 Å². The van der Waals surface area contributed by atoms with E-state index in [1.165, 1.54) is 16.3 Å². The van der Waals surface area contributed by atoms with E-state index in [0.717, 1.165) is 17.4 Å². The molecule has 4 aromatic rings. The molecule has 0 aliphatic rings. The molecule has 22 heavy (non-hydrogen) atoms. The van der Waals surface area contributed by atoms with Crippen LogP contribution in [0, 0.1) is 0 Å². The van der Waals surface area contributed by atoms with Crippen molar-refractivity contribution in [2.24, 2.45) is 0 Å². The van der Waals surface area contributed by atoms with Crippen molar-refractivity contribution < 1.29 is 4.79 Å². The number of carbonyl (C=O) groups excluding carboxylic acids is 1. The molecule has 0 saturated heterocycles. The molecule has 0 unspecified atom stereocenters. The summed E-state index contributed by atoms with van der Waals surface area (Å²) in [6, 6.07) is 22.7. The van der Waals surface area contributed by atoms with Crippen molar-refractivity contribution in [3.8, 4) is 0 Å². The average molecular weight is 284 g/mol. The number of benzene rings is 3. The number of aromatic nitrogens is 1. The van der Waals surface area contributed by atoms with Crippen molar-refractivity contribution in [3.05, 3.63) is 84.1 Å². The lowest BCUT2D eigenvalue weighted by atomic mass is 10.0. The summed E-state index contributed by atoms with van der Waals surface area (Å²) in [7, 11) is 0. The molecule has 4 rings (SSSR count). The van der Waals surface area contributed by atoms with Gasteiger partial charge in [-0.3, -0.25) is 4.79 Å². The van der Waals surface area contributed by atoms with Crippen molar-refractivity contribution in [1.82, 2.24) is 4.57 Å². The molecule has 1 radical (unpaired) electrons. The minimum atomic E-state index is 0.621.